The molecule has 0 spiro atoms. The van der Waals surface area contributed by atoms with E-state index in [9.17, 15) is 0 Å². The van der Waals surface area contributed by atoms with Gasteiger partial charge in [-0.15, -0.1) is 0 Å². The number of nitrogens with one attached hydrogen (secondary N) is 1. The van der Waals surface area contributed by atoms with Crippen molar-refractivity contribution >= 4 is 29.0 Å². The fourth-order valence-electron chi connectivity index (χ4n) is 4.80. The number of nitrogen functional groups attached to an aromatic ring is 2. The van der Waals surface area contributed by atoms with E-state index in [0.29, 0.717) is 29.7 Å². The lowest BCUT2D eigenvalue weighted by Crippen LogP contribution is -2.53. The van der Waals surface area contributed by atoms with Crippen LogP contribution in [-0.4, -0.2) is 41.8 Å². The number of nitrogens with two attached hydrogens (primary N) is 3. The van der Waals surface area contributed by atoms with Crippen LogP contribution in [0.4, 0.5) is 17.2 Å². The zero-order valence-electron chi connectivity index (χ0n) is 19.6. The average molecular weight is 457 g/mol. The molecule has 176 valence electrons. The summed E-state index contributed by atoms with van der Waals surface area (Å²) < 4.78 is 0. The fourth-order valence-corrected chi connectivity index (χ4v) is 4.80. The molecule has 1 saturated heterocycles. The number of pyridine rings is 1. The molecule has 2 atom stereocenters. The van der Waals surface area contributed by atoms with E-state index < -0.39 is 0 Å². The van der Waals surface area contributed by atoms with Crippen LogP contribution in [0.25, 0.3) is 5.57 Å². The van der Waals surface area contributed by atoms with Gasteiger partial charge in [0.05, 0.1) is 11.3 Å². The maximum absolute atomic E-state index is 9.02. The number of nitrogens with zero attached hydrogens (tertiary/aromatic N) is 4. The Labute approximate surface area is 200 Å². The summed E-state index contributed by atoms with van der Waals surface area (Å²) in [5, 5.41) is 12.7. The number of rotatable bonds is 6. The number of hydrogen-bond acceptors (Lipinski definition) is 8. The summed E-state index contributed by atoms with van der Waals surface area (Å²) in [5.74, 6) is 0.439. The van der Waals surface area contributed by atoms with Crippen LogP contribution in [0, 0.1) is 11.3 Å². The molecule has 0 bridgehead atoms. The molecule has 0 radical (unpaired) electrons. The van der Waals surface area contributed by atoms with Gasteiger partial charge >= 0.3 is 0 Å². The molecule has 34 heavy (non-hydrogen) atoms. The van der Waals surface area contributed by atoms with Crippen LogP contribution in [0.3, 0.4) is 0 Å². The number of allylic oxidation sites excluding steroid dienone is 1. The quantitative estimate of drug-likeness (QED) is 0.386. The number of hydrogen-bond donors (Lipinski definition) is 4. The van der Waals surface area contributed by atoms with Gasteiger partial charge in [-0.05, 0) is 53.3 Å². The van der Waals surface area contributed by atoms with Gasteiger partial charge in [-0.1, -0.05) is 25.6 Å². The van der Waals surface area contributed by atoms with Gasteiger partial charge in [0, 0.05) is 55.9 Å². The smallest absolute Gasteiger partial charge is 0.153 e. The van der Waals surface area contributed by atoms with E-state index in [1.54, 1.807) is 18.5 Å². The molecular formula is C26H32N8. The normalized spacial score (nSPS) is 21.1. The second-order valence-corrected chi connectivity index (χ2v) is 8.89. The van der Waals surface area contributed by atoms with E-state index >= 15 is 0 Å². The number of aliphatic imine (C=N–C) groups is 1. The summed E-state index contributed by atoms with van der Waals surface area (Å²) in [6.07, 6.45) is 7.68. The van der Waals surface area contributed by atoms with Crippen molar-refractivity contribution in [2.75, 3.05) is 31.1 Å². The lowest BCUT2D eigenvalue weighted by molar-refractivity contribution is 0.140. The summed E-state index contributed by atoms with van der Waals surface area (Å²) in [7, 11) is 0. The molecule has 1 aromatic heterocycles. The van der Waals surface area contributed by atoms with Crippen LogP contribution in [-0.2, 0) is 6.42 Å². The van der Waals surface area contributed by atoms with Crippen molar-refractivity contribution in [2.45, 2.75) is 38.3 Å². The topological polar surface area (TPSA) is 142 Å². The lowest BCUT2D eigenvalue weighted by Gasteiger charge is -2.41. The third-order valence-corrected chi connectivity index (χ3v) is 6.83. The molecule has 0 saturated carbocycles. The van der Waals surface area contributed by atoms with E-state index in [1.807, 2.05) is 6.07 Å². The van der Waals surface area contributed by atoms with Gasteiger partial charge in [0.25, 0.3) is 0 Å². The highest BCUT2D eigenvalue weighted by Gasteiger charge is 2.30. The van der Waals surface area contributed by atoms with E-state index in [0.717, 1.165) is 49.2 Å². The van der Waals surface area contributed by atoms with Gasteiger partial charge in [-0.25, -0.2) is 9.98 Å². The number of nitriles is 1. The van der Waals surface area contributed by atoms with E-state index in [1.165, 1.54) is 22.9 Å². The maximum Gasteiger partial charge on any atom is 0.153 e. The van der Waals surface area contributed by atoms with Crippen molar-refractivity contribution in [1.29, 1.82) is 5.26 Å². The first kappa shape index (κ1) is 23.5. The predicted octanol–water partition coefficient (Wildman–Crippen LogP) is 3.05. The zero-order chi connectivity index (χ0) is 24.2. The molecule has 1 aromatic carbocycles. The predicted molar refractivity (Wildman–Crippen MR) is 138 cm³/mol. The van der Waals surface area contributed by atoms with Crippen molar-refractivity contribution in [2.24, 2.45) is 10.7 Å². The van der Waals surface area contributed by atoms with Crippen LogP contribution in [0.2, 0.25) is 0 Å². The lowest BCUT2D eigenvalue weighted by atomic mass is 9.94. The molecule has 8 nitrogen and oxygen atoms in total. The molecule has 2 aliphatic rings. The number of anilines is 2. The summed E-state index contributed by atoms with van der Waals surface area (Å²) in [5.41, 5.74) is 25.7. The first-order chi connectivity index (χ1) is 16.4. The number of fused-ring (bicyclic) bond motifs is 1. The Hall–Kier alpha value is -3.67. The first-order valence-electron chi connectivity index (χ1n) is 11.6. The van der Waals surface area contributed by atoms with Gasteiger partial charge < -0.3 is 22.5 Å². The summed E-state index contributed by atoms with van der Waals surface area (Å²) >= 11 is 0. The van der Waals surface area contributed by atoms with Gasteiger partial charge in [-0.3, -0.25) is 4.90 Å². The summed E-state index contributed by atoms with van der Waals surface area (Å²) in [4.78, 5) is 11.0. The minimum absolute atomic E-state index is 0.137. The summed E-state index contributed by atoms with van der Waals surface area (Å²) in [6.45, 7) is 8.70. The fraction of sp³-hybridized carbons (Fsp3) is 0.346. The van der Waals surface area contributed by atoms with Crippen molar-refractivity contribution in [3.63, 3.8) is 0 Å². The average Bonchev–Trinajstić information content (AvgIpc) is 3.23. The minimum atomic E-state index is 0.137. The van der Waals surface area contributed by atoms with Crippen LogP contribution in [0.5, 0.6) is 0 Å². The third kappa shape index (κ3) is 4.67. The first-order valence-corrected chi connectivity index (χ1v) is 11.6. The Kier molecular flexibility index (Phi) is 6.96. The molecule has 0 amide bonds. The Morgan fingerprint density at radius 1 is 1.38 bits per heavy atom. The summed E-state index contributed by atoms with van der Waals surface area (Å²) in [6, 6.07) is 8.42. The highest BCUT2D eigenvalue weighted by Crippen LogP contribution is 2.38. The Morgan fingerprint density at radius 2 is 2.21 bits per heavy atom. The van der Waals surface area contributed by atoms with Gasteiger partial charge in [0.1, 0.15) is 6.07 Å². The second-order valence-electron chi connectivity index (χ2n) is 8.89. The molecular weight excluding hydrogens is 424 g/mol. The van der Waals surface area contributed by atoms with Gasteiger partial charge in [0.15, 0.2) is 5.82 Å². The Morgan fingerprint density at radius 3 is 2.91 bits per heavy atom. The SMILES string of the molecule is C=C1CCc2c1ccc(C1CN(CC(C=Nc3cc(N)c(C#N)cn3)=CN)C(CC)CN1)c2N. The Bertz CT molecular complexity index is 1190. The molecule has 2 unspecified atom stereocenters. The van der Waals surface area contributed by atoms with E-state index in [4.69, 9.17) is 22.5 Å². The van der Waals surface area contributed by atoms with Crippen molar-refractivity contribution < 1.29 is 0 Å². The molecule has 2 aromatic rings. The zero-order valence-corrected chi connectivity index (χ0v) is 19.6. The largest absolute Gasteiger partial charge is 0.404 e. The molecule has 4 rings (SSSR count). The molecule has 1 aliphatic heterocycles. The van der Waals surface area contributed by atoms with Crippen molar-refractivity contribution in [1.82, 2.24) is 15.2 Å². The number of piperazine rings is 1. The van der Waals surface area contributed by atoms with Gasteiger partial charge in [-0.2, -0.15) is 5.26 Å². The van der Waals surface area contributed by atoms with Crippen LogP contribution >= 0.6 is 0 Å². The highest BCUT2D eigenvalue weighted by atomic mass is 15.2. The third-order valence-electron chi connectivity index (χ3n) is 6.83. The number of aromatic nitrogens is 1. The second kappa shape index (κ2) is 10.1. The van der Waals surface area contributed by atoms with Crippen molar-refractivity contribution in [3.8, 4) is 6.07 Å². The maximum atomic E-state index is 9.02. The monoisotopic (exact) mass is 456 g/mol. The standard InChI is InChI=1S/C26H32N8/c1-3-19-13-31-24(22-7-6-20-16(2)4-5-21(20)26(22)30)15-34(19)14-17(9-27)11-32-25-8-23(29)18(10-28)12-33-25/h6-9,11-12,19,24,31H,2-5,13-15,27,30H2,1H3,(H2,29,33). The Balaban J connectivity index is 1.50. The molecule has 8 heteroatoms. The minimum Gasteiger partial charge on any atom is -0.404 e. The van der Waals surface area contributed by atoms with Gasteiger partial charge in [0.2, 0.25) is 0 Å². The highest BCUT2D eigenvalue weighted by molar-refractivity contribution is 5.81. The van der Waals surface area contributed by atoms with E-state index in [2.05, 4.69) is 45.8 Å². The van der Waals surface area contributed by atoms with Crippen LogP contribution in [0.15, 0.2) is 47.7 Å². The number of benzene rings is 1. The molecule has 1 fully saturated rings. The van der Waals surface area contributed by atoms with Crippen LogP contribution < -0.4 is 22.5 Å². The molecule has 1 aliphatic carbocycles. The van der Waals surface area contributed by atoms with Crippen molar-refractivity contribution in [3.05, 3.63) is 65.0 Å². The van der Waals surface area contributed by atoms with E-state index in [-0.39, 0.29) is 6.04 Å². The molecule has 2 heterocycles. The van der Waals surface area contributed by atoms with Crippen LogP contribution in [0.1, 0.15) is 48.1 Å². The molecule has 7 N–H and O–H groups in total.